The summed E-state index contributed by atoms with van der Waals surface area (Å²) in [7, 11) is 1.89. The maximum atomic E-state index is 11.9. The van der Waals surface area contributed by atoms with Gasteiger partial charge in [0, 0.05) is 7.05 Å². The maximum Gasteiger partial charge on any atom is 0.285 e. The molecule has 1 aromatic carbocycles. The molecule has 0 unspecified atom stereocenters. The molecule has 3 nitrogen and oxygen atoms in total. The molecule has 0 aliphatic carbocycles. The number of aromatic nitrogens is 2. The van der Waals surface area contributed by atoms with Crippen LogP contribution < -0.4 is 5.56 Å². The van der Waals surface area contributed by atoms with Crippen molar-refractivity contribution in [1.29, 1.82) is 0 Å². The fourth-order valence-electron chi connectivity index (χ4n) is 1.54. The summed E-state index contributed by atoms with van der Waals surface area (Å²) < 4.78 is 4.33. The molecule has 1 heterocycles. The average Bonchev–Trinajstić information content (AvgIpc) is 2.45. The highest BCUT2D eigenvalue weighted by atomic mass is 131. The van der Waals surface area contributed by atoms with E-state index in [-0.39, 0.29) is 5.56 Å². The van der Waals surface area contributed by atoms with Gasteiger partial charge in [-0.1, -0.05) is 18.2 Å². The molecule has 0 saturated heterocycles. The summed E-state index contributed by atoms with van der Waals surface area (Å²) in [6.07, 6.45) is 0. The Labute approximate surface area is 101 Å². The molecular formula is C11H11IN2O. The third-order valence-electron chi connectivity index (χ3n) is 2.48. The van der Waals surface area contributed by atoms with Gasteiger partial charge in [0.15, 0.2) is 0 Å². The molecule has 0 spiro atoms. The second kappa shape index (κ2) is 3.84. The smallest absolute Gasteiger partial charge is 0.284 e. The first-order chi connectivity index (χ1) is 7.13. The van der Waals surface area contributed by atoms with Gasteiger partial charge in [0.2, 0.25) is 0 Å². The number of nitrogens with zero attached hydrogens (tertiary/aromatic N) is 2. The van der Waals surface area contributed by atoms with Gasteiger partial charge in [-0.2, -0.15) is 0 Å². The summed E-state index contributed by atoms with van der Waals surface area (Å²) in [6, 6.07) is 9.65. The molecular weight excluding hydrogens is 307 g/mol. The van der Waals surface area contributed by atoms with Gasteiger partial charge in [0.1, 0.15) is 3.57 Å². The van der Waals surface area contributed by atoms with Crippen molar-refractivity contribution in [1.82, 2.24) is 9.36 Å². The fraction of sp³-hybridized carbons (Fsp3) is 0.182. The number of rotatable bonds is 1. The minimum atomic E-state index is 0.0433. The van der Waals surface area contributed by atoms with Crippen LogP contribution in [0.15, 0.2) is 35.1 Å². The summed E-state index contributed by atoms with van der Waals surface area (Å²) in [4.78, 5) is 11.9. The van der Waals surface area contributed by atoms with Crippen molar-refractivity contribution >= 4 is 22.6 Å². The SMILES string of the molecule is Cc1c([131I])c(=O)n(-c2ccccc2)n1C. The largest absolute Gasteiger partial charge is 0.285 e. The monoisotopic (exact) mass is 318 g/mol. The lowest BCUT2D eigenvalue weighted by atomic mass is 10.3. The molecule has 2 rings (SSSR count). The van der Waals surface area contributed by atoms with E-state index in [4.69, 9.17) is 0 Å². The van der Waals surface area contributed by atoms with Crippen molar-refractivity contribution in [3.8, 4) is 5.69 Å². The molecule has 2 aromatic rings. The molecule has 0 N–H and O–H groups in total. The zero-order valence-electron chi connectivity index (χ0n) is 8.57. The lowest BCUT2D eigenvalue weighted by Gasteiger charge is -2.07. The van der Waals surface area contributed by atoms with Gasteiger partial charge in [0.05, 0.1) is 11.4 Å². The molecule has 78 valence electrons. The molecule has 4 heteroatoms. The van der Waals surface area contributed by atoms with Crippen molar-refractivity contribution in [2.45, 2.75) is 6.92 Å². The Balaban J connectivity index is 2.75. The molecule has 0 saturated carbocycles. The van der Waals surface area contributed by atoms with Crippen LogP contribution in [0.5, 0.6) is 0 Å². The molecule has 0 radical (unpaired) electrons. The second-order valence-corrected chi connectivity index (χ2v) is 4.45. The lowest BCUT2D eigenvalue weighted by molar-refractivity contribution is 0.630. The van der Waals surface area contributed by atoms with E-state index in [1.54, 1.807) is 4.68 Å². The highest BCUT2D eigenvalue weighted by Gasteiger charge is 2.12. The van der Waals surface area contributed by atoms with Gasteiger partial charge in [-0.15, -0.1) is 0 Å². The minimum Gasteiger partial charge on any atom is -0.284 e. The van der Waals surface area contributed by atoms with Crippen molar-refractivity contribution in [3.05, 3.63) is 49.9 Å². The number of para-hydroxylation sites is 1. The van der Waals surface area contributed by atoms with E-state index in [1.807, 2.05) is 49.0 Å². The van der Waals surface area contributed by atoms with Crippen LogP contribution in [0, 0.1) is 10.5 Å². The Morgan fingerprint density at radius 1 is 1.20 bits per heavy atom. The Hall–Kier alpha value is -1.04. The Morgan fingerprint density at radius 2 is 1.80 bits per heavy atom. The third kappa shape index (κ3) is 1.62. The van der Waals surface area contributed by atoms with Crippen molar-refractivity contribution < 1.29 is 0 Å². The predicted octanol–water partition coefficient (Wildman–Crippen LogP) is 2.09. The van der Waals surface area contributed by atoms with Crippen LogP contribution in [0.25, 0.3) is 5.69 Å². The standard InChI is InChI=1S/C11H11IN2O/c1-8-10(12)11(15)14(13(8)2)9-6-4-3-5-7-9/h3-7H,1-2H3/i12+4. The first kappa shape index (κ1) is 10.5. The summed E-state index contributed by atoms with van der Waals surface area (Å²) in [6.45, 7) is 1.95. The first-order valence-electron chi connectivity index (χ1n) is 4.62. The average molecular weight is 318 g/mol. The zero-order valence-corrected chi connectivity index (χ0v) is 10.7. The number of benzene rings is 1. The summed E-state index contributed by atoms with van der Waals surface area (Å²) in [5, 5.41) is 0. The normalized spacial score (nSPS) is 10.6. The van der Waals surface area contributed by atoms with Crippen LogP contribution >= 0.6 is 22.6 Å². The Bertz CT molecular complexity index is 540. The molecule has 0 aliphatic rings. The van der Waals surface area contributed by atoms with E-state index in [0.717, 1.165) is 15.0 Å². The van der Waals surface area contributed by atoms with Crippen LogP contribution in [0.3, 0.4) is 0 Å². The van der Waals surface area contributed by atoms with Gasteiger partial charge < -0.3 is 0 Å². The van der Waals surface area contributed by atoms with Crippen LogP contribution in [0.2, 0.25) is 0 Å². The van der Waals surface area contributed by atoms with E-state index in [0.29, 0.717) is 0 Å². The molecule has 0 atom stereocenters. The topological polar surface area (TPSA) is 26.9 Å². The quantitative estimate of drug-likeness (QED) is 0.740. The van der Waals surface area contributed by atoms with E-state index in [9.17, 15) is 4.79 Å². The van der Waals surface area contributed by atoms with E-state index in [2.05, 4.69) is 22.6 Å². The summed E-state index contributed by atoms with van der Waals surface area (Å²) in [5.74, 6) is 0. The van der Waals surface area contributed by atoms with E-state index >= 15 is 0 Å². The van der Waals surface area contributed by atoms with Gasteiger partial charge in [-0.05, 0) is 41.6 Å². The van der Waals surface area contributed by atoms with Gasteiger partial charge in [-0.25, -0.2) is 4.68 Å². The maximum absolute atomic E-state index is 11.9. The summed E-state index contributed by atoms with van der Waals surface area (Å²) >= 11 is 2.09. The predicted molar refractivity (Wildman–Crippen MR) is 68.5 cm³/mol. The molecule has 0 amide bonds. The van der Waals surface area contributed by atoms with Crippen molar-refractivity contribution in [2.24, 2.45) is 7.05 Å². The minimum absolute atomic E-state index is 0.0433. The highest BCUT2D eigenvalue weighted by molar-refractivity contribution is 14.1. The number of halogens is 1. The molecule has 0 fully saturated rings. The number of hydrogen-bond donors (Lipinski definition) is 0. The van der Waals surface area contributed by atoms with E-state index < -0.39 is 0 Å². The molecule has 0 bridgehead atoms. The first-order valence-corrected chi connectivity index (χ1v) is 5.70. The highest BCUT2D eigenvalue weighted by Crippen LogP contribution is 2.10. The van der Waals surface area contributed by atoms with Crippen LogP contribution in [0.4, 0.5) is 0 Å². The van der Waals surface area contributed by atoms with Crippen LogP contribution in [-0.2, 0) is 7.05 Å². The second-order valence-electron chi connectivity index (χ2n) is 3.38. The molecule has 15 heavy (non-hydrogen) atoms. The molecule has 0 aliphatic heterocycles. The Kier molecular flexibility index (Phi) is 2.68. The zero-order chi connectivity index (χ0) is 11.0. The van der Waals surface area contributed by atoms with Crippen molar-refractivity contribution in [3.63, 3.8) is 0 Å². The van der Waals surface area contributed by atoms with Crippen LogP contribution in [-0.4, -0.2) is 9.36 Å². The summed E-state index contributed by atoms with van der Waals surface area (Å²) in [5.41, 5.74) is 1.93. The van der Waals surface area contributed by atoms with Gasteiger partial charge in [-0.3, -0.25) is 9.48 Å². The van der Waals surface area contributed by atoms with E-state index in [1.165, 1.54) is 0 Å². The fourth-order valence-corrected chi connectivity index (χ4v) is 2.11. The van der Waals surface area contributed by atoms with Crippen LogP contribution in [0.1, 0.15) is 5.69 Å². The third-order valence-corrected chi connectivity index (χ3v) is 3.73. The van der Waals surface area contributed by atoms with Gasteiger partial charge >= 0.3 is 0 Å². The Morgan fingerprint density at radius 3 is 2.27 bits per heavy atom. The molecule has 1 aromatic heterocycles. The van der Waals surface area contributed by atoms with Gasteiger partial charge in [0.25, 0.3) is 5.56 Å². The number of hydrogen-bond acceptors (Lipinski definition) is 1. The lowest BCUT2D eigenvalue weighted by Crippen LogP contribution is -2.20. The van der Waals surface area contributed by atoms with Crippen molar-refractivity contribution in [2.75, 3.05) is 0 Å².